The fraction of sp³-hybridized carbons (Fsp3) is 0.692. The molecular weight excluding hydrogens is 184 g/mol. The summed E-state index contributed by atoms with van der Waals surface area (Å²) in [5.74, 6) is 0.824. The quantitative estimate of drug-likeness (QED) is 0.678. The van der Waals surface area contributed by atoms with Crippen molar-refractivity contribution in [3.8, 4) is 0 Å². The topological polar surface area (TPSA) is 29.3 Å². The molecule has 0 aromatic carbocycles. The first-order valence-electron chi connectivity index (χ1n) is 5.96. The normalized spacial score (nSPS) is 26.5. The molecule has 0 unspecified atom stereocenters. The molecule has 2 nitrogen and oxygen atoms in total. The van der Waals surface area contributed by atoms with Gasteiger partial charge >= 0.3 is 0 Å². The van der Waals surface area contributed by atoms with Crippen LogP contribution >= 0.6 is 0 Å². The van der Waals surface area contributed by atoms with E-state index in [-0.39, 0.29) is 0 Å². The largest absolute Gasteiger partial charge is 0.328 e. The van der Waals surface area contributed by atoms with Crippen molar-refractivity contribution in [3.05, 3.63) is 25.3 Å². The summed E-state index contributed by atoms with van der Waals surface area (Å²) in [4.78, 5) is 2.40. The molecule has 2 N–H and O–H groups in total. The van der Waals surface area contributed by atoms with Gasteiger partial charge in [-0.3, -0.25) is 4.90 Å². The van der Waals surface area contributed by atoms with Crippen LogP contribution < -0.4 is 5.73 Å². The Kier molecular flexibility index (Phi) is 5.66. The van der Waals surface area contributed by atoms with Crippen molar-refractivity contribution in [2.24, 2.45) is 11.7 Å². The molecule has 15 heavy (non-hydrogen) atoms. The van der Waals surface area contributed by atoms with Crippen LogP contribution in [0.2, 0.25) is 0 Å². The Balaban J connectivity index is 2.30. The number of nitrogens with two attached hydrogens (primary N) is 1. The molecule has 0 aromatic rings. The summed E-state index contributed by atoms with van der Waals surface area (Å²) in [7, 11) is 0. The maximum atomic E-state index is 5.90. The molecule has 0 atom stereocenters. The molecule has 0 heterocycles. The highest BCUT2D eigenvalue weighted by atomic mass is 15.1. The molecule has 0 spiro atoms. The van der Waals surface area contributed by atoms with Crippen LogP contribution in [0.25, 0.3) is 0 Å². The van der Waals surface area contributed by atoms with Gasteiger partial charge in [-0.2, -0.15) is 0 Å². The third-order valence-electron chi connectivity index (χ3n) is 3.18. The summed E-state index contributed by atoms with van der Waals surface area (Å²) in [6, 6.07) is 0.452. The molecule has 2 heteroatoms. The second-order valence-electron chi connectivity index (χ2n) is 4.58. The first-order chi connectivity index (χ1) is 7.26. The van der Waals surface area contributed by atoms with Gasteiger partial charge in [0.1, 0.15) is 0 Å². The van der Waals surface area contributed by atoms with Crippen LogP contribution in [0.5, 0.6) is 0 Å². The molecule has 0 aliphatic heterocycles. The van der Waals surface area contributed by atoms with E-state index in [1.165, 1.54) is 32.2 Å². The van der Waals surface area contributed by atoms with Gasteiger partial charge in [-0.1, -0.05) is 12.2 Å². The molecule has 1 rings (SSSR count). The lowest BCUT2D eigenvalue weighted by molar-refractivity contribution is 0.223. The summed E-state index contributed by atoms with van der Waals surface area (Å²) in [5.41, 5.74) is 5.90. The minimum Gasteiger partial charge on any atom is -0.328 e. The van der Waals surface area contributed by atoms with E-state index in [0.717, 1.165) is 19.0 Å². The molecular formula is C13H24N2. The Morgan fingerprint density at radius 2 is 1.60 bits per heavy atom. The van der Waals surface area contributed by atoms with E-state index in [1.54, 1.807) is 0 Å². The molecule has 0 saturated heterocycles. The number of hydrogen-bond acceptors (Lipinski definition) is 2. The minimum atomic E-state index is 0.452. The monoisotopic (exact) mass is 208 g/mol. The lowest BCUT2D eigenvalue weighted by atomic mass is 9.86. The van der Waals surface area contributed by atoms with Crippen molar-refractivity contribution in [2.75, 3.05) is 19.6 Å². The number of nitrogens with zero attached hydrogens (tertiary/aromatic N) is 1. The van der Waals surface area contributed by atoms with E-state index in [1.807, 2.05) is 12.2 Å². The van der Waals surface area contributed by atoms with Crippen LogP contribution in [0.3, 0.4) is 0 Å². The Morgan fingerprint density at radius 3 is 2.07 bits per heavy atom. The van der Waals surface area contributed by atoms with Crippen LogP contribution in [0, 0.1) is 5.92 Å². The molecule has 1 fully saturated rings. The predicted octanol–water partition coefficient (Wildman–Crippen LogP) is 2.18. The molecule has 1 saturated carbocycles. The van der Waals surface area contributed by atoms with Crippen LogP contribution in [-0.4, -0.2) is 30.6 Å². The summed E-state index contributed by atoms with van der Waals surface area (Å²) in [5, 5.41) is 0. The van der Waals surface area contributed by atoms with Gasteiger partial charge in [0, 0.05) is 25.7 Å². The third kappa shape index (κ3) is 4.63. The average molecular weight is 208 g/mol. The van der Waals surface area contributed by atoms with E-state index in [2.05, 4.69) is 18.1 Å². The molecule has 1 aliphatic rings. The Morgan fingerprint density at radius 1 is 1.07 bits per heavy atom. The molecule has 0 bridgehead atoms. The molecule has 0 amide bonds. The molecule has 1 aliphatic carbocycles. The summed E-state index contributed by atoms with van der Waals surface area (Å²) in [6.07, 6.45) is 8.90. The second kappa shape index (κ2) is 6.81. The van der Waals surface area contributed by atoms with Crippen LogP contribution in [0.4, 0.5) is 0 Å². The minimum absolute atomic E-state index is 0.452. The van der Waals surface area contributed by atoms with Gasteiger partial charge in [-0.25, -0.2) is 0 Å². The van der Waals surface area contributed by atoms with Crippen molar-refractivity contribution in [2.45, 2.75) is 31.7 Å². The van der Waals surface area contributed by atoms with Gasteiger partial charge in [0.25, 0.3) is 0 Å². The van der Waals surface area contributed by atoms with Gasteiger partial charge < -0.3 is 5.73 Å². The van der Waals surface area contributed by atoms with E-state index < -0.39 is 0 Å². The maximum Gasteiger partial charge on any atom is 0.0164 e. The lowest BCUT2D eigenvalue weighted by Gasteiger charge is -2.30. The van der Waals surface area contributed by atoms with Crippen molar-refractivity contribution >= 4 is 0 Å². The molecule has 0 radical (unpaired) electrons. The number of rotatable bonds is 6. The van der Waals surface area contributed by atoms with E-state index in [9.17, 15) is 0 Å². The van der Waals surface area contributed by atoms with Gasteiger partial charge in [0.15, 0.2) is 0 Å². The highest BCUT2D eigenvalue weighted by Gasteiger charge is 2.19. The van der Waals surface area contributed by atoms with Crippen molar-refractivity contribution in [3.63, 3.8) is 0 Å². The van der Waals surface area contributed by atoms with E-state index >= 15 is 0 Å². The molecule has 86 valence electrons. The Hall–Kier alpha value is -0.600. The fourth-order valence-corrected chi connectivity index (χ4v) is 2.32. The van der Waals surface area contributed by atoms with Gasteiger partial charge in [-0.15, -0.1) is 13.2 Å². The SMILES string of the molecule is C=CCN(CC=C)CC1CCC(N)CC1. The smallest absolute Gasteiger partial charge is 0.0164 e. The first-order valence-corrected chi connectivity index (χ1v) is 5.96. The maximum absolute atomic E-state index is 5.90. The zero-order valence-electron chi connectivity index (χ0n) is 9.70. The third-order valence-corrected chi connectivity index (χ3v) is 3.18. The van der Waals surface area contributed by atoms with Crippen molar-refractivity contribution < 1.29 is 0 Å². The predicted molar refractivity (Wildman–Crippen MR) is 66.8 cm³/mol. The van der Waals surface area contributed by atoms with E-state index in [0.29, 0.717) is 6.04 Å². The van der Waals surface area contributed by atoms with Crippen LogP contribution in [0.15, 0.2) is 25.3 Å². The standard InChI is InChI=1S/C13H24N2/c1-3-9-15(10-4-2)11-12-5-7-13(14)8-6-12/h3-4,12-13H,1-2,5-11,14H2. The van der Waals surface area contributed by atoms with Gasteiger partial charge in [-0.05, 0) is 31.6 Å². The highest BCUT2D eigenvalue weighted by Crippen LogP contribution is 2.23. The van der Waals surface area contributed by atoms with Crippen LogP contribution in [-0.2, 0) is 0 Å². The molecule has 0 aromatic heterocycles. The highest BCUT2D eigenvalue weighted by molar-refractivity contribution is 4.83. The zero-order chi connectivity index (χ0) is 11.1. The number of hydrogen-bond donors (Lipinski definition) is 1. The summed E-state index contributed by atoms with van der Waals surface area (Å²) in [6.45, 7) is 10.7. The average Bonchev–Trinajstić information content (AvgIpc) is 2.22. The first kappa shape index (κ1) is 12.5. The van der Waals surface area contributed by atoms with Gasteiger partial charge in [0.05, 0.1) is 0 Å². The Labute approximate surface area is 93.8 Å². The van der Waals surface area contributed by atoms with Gasteiger partial charge in [0.2, 0.25) is 0 Å². The lowest BCUT2D eigenvalue weighted by Crippen LogP contribution is -2.34. The zero-order valence-corrected chi connectivity index (χ0v) is 9.70. The summed E-state index contributed by atoms with van der Waals surface area (Å²) >= 11 is 0. The Bertz CT molecular complexity index is 183. The second-order valence-corrected chi connectivity index (χ2v) is 4.58. The van der Waals surface area contributed by atoms with E-state index in [4.69, 9.17) is 5.73 Å². The van der Waals surface area contributed by atoms with Crippen molar-refractivity contribution in [1.29, 1.82) is 0 Å². The van der Waals surface area contributed by atoms with Crippen LogP contribution in [0.1, 0.15) is 25.7 Å². The summed E-state index contributed by atoms with van der Waals surface area (Å²) < 4.78 is 0. The fourth-order valence-electron chi connectivity index (χ4n) is 2.32. The van der Waals surface area contributed by atoms with Crippen molar-refractivity contribution in [1.82, 2.24) is 4.90 Å².